The number of terminal acetylenes is 1. The number of nitrogens with zero attached hydrogens (tertiary/aromatic N) is 1. The highest BCUT2D eigenvalue weighted by Gasteiger charge is 2.39. The third kappa shape index (κ3) is 4.97. The molecular formula is C18H23NO5S. The van der Waals surface area contributed by atoms with Crippen LogP contribution in [0.15, 0.2) is 29.2 Å². The van der Waals surface area contributed by atoms with Crippen molar-refractivity contribution in [2.24, 2.45) is 0 Å². The van der Waals surface area contributed by atoms with E-state index in [-0.39, 0.29) is 17.9 Å². The van der Waals surface area contributed by atoms with Crippen LogP contribution in [0.5, 0.6) is 0 Å². The van der Waals surface area contributed by atoms with Gasteiger partial charge in [0.15, 0.2) is 0 Å². The number of hydrogen-bond acceptors (Lipinski definition) is 5. The minimum atomic E-state index is -3.92. The Balaban J connectivity index is 2.10. The summed E-state index contributed by atoms with van der Waals surface area (Å²) in [6.45, 7) is 7.18. The Morgan fingerprint density at radius 1 is 1.28 bits per heavy atom. The van der Waals surface area contributed by atoms with Crippen molar-refractivity contribution in [2.45, 2.75) is 56.8 Å². The predicted molar refractivity (Wildman–Crippen MR) is 93.4 cm³/mol. The molecule has 1 aromatic carbocycles. The number of ether oxygens (including phenoxy) is 1. The first-order valence-corrected chi connectivity index (χ1v) is 9.38. The summed E-state index contributed by atoms with van der Waals surface area (Å²) in [6.07, 6.45) is 4.43. The number of amides is 1. The van der Waals surface area contributed by atoms with Crippen LogP contribution >= 0.6 is 0 Å². The summed E-state index contributed by atoms with van der Waals surface area (Å²) in [7, 11) is -3.92. The molecule has 1 aliphatic rings. The number of benzene rings is 1. The molecule has 2 atom stereocenters. The van der Waals surface area contributed by atoms with Crippen molar-refractivity contribution in [3.8, 4) is 12.3 Å². The normalized spacial score (nSPS) is 21.0. The summed E-state index contributed by atoms with van der Waals surface area (Å²) in [5.74, 6) is 2.49. The lowest BCUT2D eigenvalue weighted by molar-refractivity contribution is 0.0245. The van der Waals surface area contributed by atoms with Crippen molar-refractivity contribution in [2.75, 3.05) is 6.54 Å². The van der Waals surface area contributed by atoms with Gasteiger partial charge in [-0.1, -0.05) is 23.6 Å². The van der Waals surface area contributed by atoms with Gasteiger partial charge < -0.3 is 4.74 Å². The first-order chi connectivity index (χ1) is 11.5. The first kappa shape index (κ1) is 19.3. The Kier molecular flexibility index (Phi) is 5.45. The van der Waals surface area contributed by atoms with Gasteiger partial charge in [-0.05, 0) is 39.8 Å². The fraction of sp³-hybridized carbons (Fsp3) is 0.500. The molecule has 2 rings (SSSR count). The van der Waals surface area contributed by atoms with Crippen molar-refractivity contribution in [3.63, 3.8) is 0 Å². The average Bonchev–Trinajstić information content (AvgIpc) is 2.88. The molecule has 1 aliphatic heterocycles. The zero-order valence-electron chi connectivity index (χ0n) is 14.9. The Hall–Kier alpha value is -2.04. The van der Waals surface area contributed by atoms with Gasteiger partial charge in [0.1, 0.15) is 5.60 Å². The molecule has 0 saturated carbocycles. The van der Waals surface area contributed by atoms with Gasteiger partial charge in [0.2, 0.25) is 0 Å². The maximum absolute atomic E-state index is 12.4. The van der Waals surface area contributed by atoms with Gasteiger partial charge in [0.05, 0.1) is 23.6 Å². The standard InChI is InChI=1S/C18H23NO5S/c1-6-14-11-15(12-19(14)17(20)23-18(3,4)5)24-25(21,22)16-9-7-13(2)8-10-16/h1,7-10,14-15H,11-12H2,2-5H3/t14-,15+/m1/s1. The quantitative estimate of drug-likeness (QED) is 0.608. The summed E-state index contributed by atoms with van der Waals surface area (Å²) < 4.78 is 35.4. The van der Waals surface area contributed by atoms with Crippen LogP contribution in [0.2, 0.25) is 0 Å². The molecule has 136 valence electrons. The molecule has 0 spiro atoms. The molecule has 0 aliphatic carbocycles. The molecule has 7 heteroatoms. The Morgan fingerprint density at radius 3 is 2.40 bits per heavy atom. The summed E-state index contributed by atoms with van der Waals surface area (Å²) >= 11 is 0. The van der Waals surface area contributed by atoms with Crippen molar-refractivity contribution in [1.29, 1.82) is 0 Å². The fourth-order valence-corrected chi connectivity index (χ4v) is 3.57. The molecule has 1 amide bonds. The topological polar surface area (TPSA) is 72.9 Å². The highest BCUT2D eigenvalue weighted by molar-refractivity contribution is 7.86. The van der Waals surface area contributed by atoms with Gasteiger partial charge in [0, 0.05) is 6.42 Å². The van der Waals surface area contributed by atoms with Crippen LogP contribution in [-0.4, -0.2) is 43.7 Å². The first-order valence-electron chi connectivity index (χ1n) is 7.97. The molecule has 0 aromatic heterocycles. The Labute approximate surface area is 149 Å². The van der Waals surface area contributed by atoms with Crippen molar-refractivity contribution >= 4 is 16.2 Å². The molecule has 1 fully saturated rings. The SMILES string of the molecule is C#C[C@@H]1C[C@H](OS(=O)(=O)c2ccc(C)cc2)CN1C(=O)OC(C)(C)C. The third-order valence-electron chi connectivity index (χ3n) is 3.66. The minimum absolute atomic E-state index is 0.0644. The van der Waals surface area contributed by atoms with E-state index in [0.717, 1.165) is 5.56 Å². The molecular weight excluding hydrogens is 342 g/mol. The van der Waals surface area contributed by atoms with Crippen LogP contribution in [-0.2, 0) is 19.0 Å². The highest BCUT2D eigenvalue weighted by atomic mass is 32.2. The monoisotopic (exact) mass is 365 g/mol. The largest absolute Gasteiger partial charge is 0.444 e. The third-order valence-corrected chi connectivity index (χ3v) is 5.03. The number of carbonyl (C=O) groups is 1. The maximum Gasteiger partial charge on any atom is 0.411 e. The van der Waals surface area contributed by atoms with E-state index in [4.69, 9.17) is 15.3 Å². The Bertz CT molecular complexity index is 771. The molecule has 1 heterocycles. The van der Waals surface area contributed by atoms with Crippen LogP contribution in [0.4, 0.5) is 4.79 Å². The summed E-state index contributed by atoms with van der Waals surface area (Å²) in [5, 5.41) is 0. The van der Waals surface area contributed by atoms with E-state index in [1.54, 1.807) is 32.9 Å². The van der Waals surface area contributed by atoms with Crippen molar-refractivity contribution in [1.82, 2.24) is 4.90 Å². The van der Waals surface area contributed by atoms with E-state index >= 15 is 0 Å². The Morgan fingerprint density at radius 2 is 1.88 bits per heavy atom. The van der Waals surface area contributed by atoms with Crippen LogP contribution in [0.1, 0.15) is 32.8 Å². The number of aryl methyl sites for hydroxylation is 1. The second-order valence-corrected chi connectivity index (χ2v) is 8.61. The van der Waals surface area contributed by atoms with Gasteiger partial charge in [0.25, 0.3) is 10.1 Å². The lowest BCUT2D eigenvalue weighted by atomic mass is 10.2. The zero-order chi connectivity index (χ0) is 18.8. The van der Waals surface area contributed by atoms with Crippen LogP contribution < -0.4 is 0 Å². The lowest BCUT2D eigenvalue weighted by Gasteiger charge is -2.26. The molecule has 0 radical (unpaired) electrons. The number of likely N-dealkylation sites (tertiary alicyclic amines) is 1. The van der Waals surface area contributed by atoms with Crippen molar-refractivity contribution < 1.29 is 22.1 Å². The lowest BCUT2D eigenvalue weighted by Crippen LogP contribution is -2.39. The second-order valence-electron chi connectivity index (χ2n) is 7.04. The van der Waals surface area contributed by atoms with E-state index < -0.39 is 34.0 Å². The van der Waals surface area contributed by atoms with Crippen LogP contribution in [0.3, 0.4) is 0 Å². The number of rotatable bonds is 3. The minimum Gasteiger partial charge on any atom is -0.444 e. The molecule has 6 nitrogen and oxygen atoms in total. The smallest absolute Gasteiger partial charge is 0.411 e. The van der Waals surface area contributed by atoms with E-state index in [0.29, 0.717) is 0 Å². The number of carbonyl (C=O) groups excluding carboxylic acids is 1. The van der Waals surface area contributed by atoms with Gasteiger partial charge in [-0.2, -0.15) is 8.42 Å². The van der Waals surface area contributed by atoms with Gasteiger partial charge in [-0.25, -0.2) is 4.79 Å². The van der Waals surface area contributed by atoms with Gasteiger partial charge >= 0.3 is 6.09 Å². The van der Waals surface area contributed by atoms with Gasteiger partial charge in [-0.3, -0.25) is 9.08 Å². The summed E-state index contributed by atoms with van der Waals surface area (Å²) in [6, 6.07) is 5.81. The number of hydrogen-bond donors (Lipinski definition) is 0. The molecule has 1 saturated heterocycles. The fourth-order valence-electron chi connectivity index (χ4n) is 2.49. The van der Waals surface area contributed by atoms with E-state index in [1.807, 2.05) is 6.92 Å². The average molecular weight is 365 g/mol. The molecule has 0 bridgehead atoms. The van der Waals surface area contributed by atoms with Gasteiger partial charge in [-0.15, -0.1) is 6.42 Å². The van der Waals surface area contributed by atoms with Crippen LogP contribution in [0.25, 0.3) is 0 Å². The second kappa shape index (κ2) is 7.06. The summed E-state index contributed by atoms with van der Waals surface area (Å²) in [4.78, 5) is 13.7. The van der Waals surface area contributed by atoms with E-state index in [2.05, 4.69) is 5.92 Å². The predicted octanol–water partition coefficient (Wildman–Crippen LogP) is 2.71. The van der Waals surface area contributed by atoms with E-state index in [9.17, 15) is 13.2 Å². The summed E-state index contributed by atoms with van der Waals surface area (Å²) in [5.41, 5.74) is 0.284. The molecule has 25 heavy (non-hydrogen) atoms. The van der Waals surface area contributed by atoms with Crippen LogP contribution in [0, 0.1) is 19.3 Å². The van der Waals surface area contributed by atoms with Crippen molar-refractivity contribution in [3.05, 3.63) is 29.8 Å². The molecule has 0 N–H and O–H groups in total. The van der Waals surface area contributed by atoms with E-state index in [1.165, 1.54) is 17.0 Å². The molecule has 0 unspecified atom stereocenters. The zero-order valence-corrected chi connectivity index (χ0v) is 15.7. The molecule has 1 aromatic rings. The maximum atomic E-state index is 12.4. The highest BCUT2D eigenvalue weighted by Crippen LogP contribution is 2.26.